The molecule has 0 aliphatic rings. The monoisotopic (exact) mass is 255 g/mol. The van der Waals surface area contributed by atoms with E-state index in [0.717, 1.165) is 0 Å². The van der Waals surface area contributed by atoms with Crippen molar-refractivity contribution in [1.82, 2.24) is 25.8 Å². The van der Waals surface area contributed by atoms with E-state index in [4.69, 9.17) is 5.11 Å². The fourth-order valence-electron chi connectivity index (χ4n) is 1.27. The van der Waals surface area contributed by atoms with E-state index in [-0.39, 0.29) is 12.1 Å². The molecule has 4 N–H and O–H groups in total. The summed E-state index contributed by atoms with van der Waals surface area (Å²) in [6.45, 7) is 3.67. The number of urea groups is 1. The first-order chi connectivity index (χ1) is 8.50. The molecule has 0 saturated carbocycles. The number of aromatic amines is 1. The van der Waals surface area contributed by atoms with Crippen molar-refractivity contribution in [3.05, 3.63) is 12.2 Å². The summed E-state index contributed by atoms with van der Waals surface area (Å²) in [6.07, 6.45) is 1.75. The Bertz CT molecular complexity index is 392. The minimum Gasteiger partial charge on any atom is -0.481 e. The van der Waals surface area contributed by atoms with E-state index in [1.807, 2.05) is 0 Å². The first-order valence-electron chi connectivity index (χ1n) is 5.63. The van der Waals surface area contributed by atoms with Crippen molar-refractivity contribution in [2.24, 2.45) is 5.92 Å². The number of H-pyrrole nitrogens is 1. The van der Waals surface area contributed by atoms with Gasteiger partial charge in [0.05, 0.1) is 12.0 Å². The van der Waals surface area contributed by atoms with Gasteiger partial charge in [-0.1, -0.05) is 6.92 Å². The van der Waals surface area contributed by atoms with Gasteiger partial charge >= 0.3 is 12.0 Å². The molecule has 0 saturated heterocycles. The molecule has 8 heteroatoms. The van der Waals surface area contributed by atoms with Crippen LogP contribution in [0.5, 0.6) is 0 Å². The highest BCUT2D eigenvalue weighted by atomic mass is 16.4. The predicted octanol–water partition coefficient (Wildman–Crippen LogP) is 0.276. The van der Waals surface area contributed by atoms with Crippen LogP contribution in [0.2, 0.25) is 0 Å². The lowest BCUT2D eigenvalue weighted by molar-refractivity contribution is -0.141. The summed E-state index contributed by atoms with van der Waals surface area (Å²) >= 11 is 0. The SMILES string of the molecule is CC(CCNC(=O)NC(C)c1ncn[nH]1)C(=O)O. The molecule has 1 aromatic rings. The van der Waals surface area contributed by atoms with Gasteiger partial charge in [-0.3, -0.25) is 9.89 Å². The molecule has 0 aliphatic carbocycles. The van der Waals surface area contributed by atoms with E-state index < -0.39 is 11.9 Å². The van der Waals surface area contributed by atoms with Crippen LogP contribution in [0, 0.1) is 5.92 Å². The van der Waals surface area contributed by atoms with E-state index >= 15 is 0 Å². The fourth-order valence-corrected chi connectivity index (χ4v) is 1.27. The minimum atomic E-state index is -0.868. The third kappa shape index (κ3) is 4.40. The molecule has 0 bridgehead atoms. The highest BCUT2D eigenvalue weighted by Gasteiger charge is 2.13. The topological polar surface area (TPSA) is 120 Å². The van der Waals surface area contributed by atoms with Gasteiger partial charge in [0.15, 0.2) is 0 Å². The Morgan fingerprint density at radius 2 is 2.22 bits per heavy atom. The summed E-state index contributed by atoms with van der Waals surface area (Å²) in [5.41, 5.74) is 0. The molecule has 0 spiro atoms. The highest BCUT2D eigenvalue weighted by molar-refractivity contribution is 5.74. The summed E-state index contributed by atoms with van der Waals surface area (Å²) < 4.78 is 0. The molecule has 2 atom stereocenters. The van der Waals surface area contributed by atoms with Crippen molar-refractivity contribution in [2.75, 3.05) is 6.54 Å². The van der Waals surface area contributed by atoms with E-state index in [9.17, 15) is 9.59 Å². The number of nitrogens with zero attached hydrogens (tertiary/aromatic N) is 2. The molecule has 0 radical (unpaired) electrons. The number of nitrogens with one attached hydrogen (secondary N) is 3. The highest BCUT2D eigenvalue weighted by Crippen LogP contribution is 2.03. The Labute approximate surface area is 104 Å². The molecule has 0 fully saturated rings. The lowest BCUT2D eigenvalue weighted by atomic mass is 10.1. The van der Waals surface area contributed by atoms with Crippen LogP contribution in [0.3, 0.4) is 0 Å². The minimum absolute atomic E-state index is 0.288. The number of hydrogen-bond acceptors (Lipinski definition) is 4. The number of rotatable bonds is 6. The van der Waals surface area contributed by atoms with Crippen LogP contribution >= 0.6 is 0 Å². The normalized spacial score (nSPS) is 13.7. The van der Waals surface area contributed by atoms with Crippen molar-refractivity contribution >= 4 is 12.0 Å². The summed E-state index contributed by atoms with van der Waals surface area (Å²) in [4.78, 5) is 25.9. The van der Waals surface area contributed by atoms with Crippen molar-refractivity contribution in [3.63, 3.8) is 0 Å². The standard InChI is InChI=1S/C10H17N5O3/c1-6(9(16)17)3-4-11-10(18)14-7(2)8-12-5-13-15-8/h5-7H,3-4H2,1-2H3,(H,16,17)(H2,11,14,18)(H,12,13,15). The van der Waals surface area contributed by atoms with Gasteiger partial charge in [-0.25, -0.2) is 9.78 Å². The first kappa shape index (κ1) is 13.9. The van der Waals surface area contributed by atoms with Crippen molar-refractivity contribution in [3.8, 4) is 0 Å². The van der Waals surface area contributed by atoms with Crippen LogP contribution < -0.4 is 10.6 Å². The molecule has 8 nitrogen and oxygen atoms in total. The quantitative estimate of drug-likeness (QED) is 0.581. The van der Waals surface area contributed by atoms with Crippen molar-refractivity contribution in [2.45, 2.75) is 26.3 Å². The maximum Gasteiger partial charge on any atom is 0.315 e. The number of carboxylic acids is 1. The van der Waals surface area contributed by atoms with Crippen molar-refractivity contribution in [1.29, 1.82) is 0 Å². The first-order valence-corrected chi connectivity index (χ1v) is 5.63. The second kappa shape index (κ2) is 6.58. The zero-order valence-electron chi connectivity index (χ0n) is 10.3. The van der Waals surface area contributed by atoms with E-state index in [2.05, 4.69) is 25.8 Å². The molecule has 1 heterocycles. The average molecular weight is 255 g/mol. The molecule has 2 amide bonds. The lowest BCUT2D eigenvalue weighted by Gasteiger charge is -2.12. The molecule has 2 unspecified atom stereocenters. The molecule has 1 rings (SSSR count). The van der Waals surface area contributed by atoms with Gasteiger partial charge in [0, 0.05) is 6.54 Å². The van der Waals surface area contributed by atoms with Crippen LogP contribution in [0.4, 0.5) is 4.79 Å². The third-order valence-electron chi connectivity index (χ3n) is 2.48. The number of amides is 2. The summed E-state index contributed by atoms with van der Waals surface area (Å²) in [6, 6.07) is -0.652. The van der Waals surface area contributed by atoms with Crippen LogP contribution in [0.1, 0.15) is 32.1 Å². The molecule has 18 heavy (non-hydrogen) atoms. The van der Waals surface area contributed by atoms with E-state index in [1.54, 1.807) is 13.8 Å². The van der Waals surface area contributed by atoms with Crippen LogP contribution in [-0.2, 0) is 4.79 Å². The summed E-state index contributed by atoms with van der Waals surface area (Å²) in [5, 5.41) is 20.2. The smallest absolute Gasteiger partial charge is 0.315 e. The second-order valence-electron chi connectivity index (χ2n) is 4.02. The number of hydrogen-bond donors (Lipinski definition) is 4. The Morgan fingerprint density at radius 3 is 2.78 bits per heavy atom. The summed E-state index contributed by atoms with van der Waals surface area (Å²) in [7, 11) is 0. The van der Waals surface area contributed by atoms with E-state index in [0.29, 0.717) is 18.8 Å². The number of aromatic nitrogens is 3. The van der Waals surface area contributed by atoms with Gasteiger partial charge < -0.3 is 15.7 Å². The Kier molecular flexibility index (Phi) is 5.09. The van der Waals surface area contributed by atoms with Crippen molar-refractivity contribution < 1.29 is 14.7 Å². The van der Waals surface area contributed by atoms with Gasteiger partial charge in [0.1, 0.15) is 12.2 Å². The Morgan fingerprint density at radius 1 is 1.50 bits per heavy atom. The van der Waals surface area contributed by atoms with Gasteiger partial charge in [-0.2, -0.15) is 5.10 Å². The molecular formula is C10H17N5O3. The average Bonchev–Trinajstić information content (AvgIpc) is 2.81. The number of carbonyl (C=O) groups is 2. The predicted molar refractivity (Wildman–Crippen MR) is 62.7 cm³/mol. The second-order valence-corrected chi connectivity index (χ2v) is 4.02. The van der Waals surface area contributed by atoms with Gasteiger partial charge in [-0.05, 0) is 13.3 Å². The maximum atomic E-state index is 11.5. The molecular weight excluding hydrogens is 238 g/mol. The zero-order chi connectivity index (χ0) is 13.5. The Balaban J connectivity index is 2.24. The zero-order valence-corrected chi connectivity index (χ0v) is 10.3. The number of carboxylic acid groups (broad SMARTS) is 1. The molecule has 0 aliphatic heterocycles. The van der Waals surface area contributed by atoms with Gasteiger partial charge in [0.2, 0.25) is 0 Å². The van der Waals surface area contributed by atoms with Crippen LogP contribution in [0.15, 0.2) is 6.33 Å². The Hall–Kier alpha value is -2.12. The third-order valence-corrected chi connectivity index (χ3v) is 2.48. The van der Waals surface area contributed by atoms with Gasteiger partial charge in [0.25, 0.3) is 0 Å². The summed E-state index contributed by atoms with van der Waals surface area (Å²) in [5.74, 6) is -0.784. The fraction of sp³-hybridized carbons (Fsp3) is 0.600. The largest absolute Gasteiger partial charge is 0.481 e. The van der Waals surface area contributed by atoms with E-state index in [1.165, 1.54) is 6.33 Å². The number of aliphatic carboxylic acids is 1. The lowest BCUT2D eigenvalue weighted by Crippen LogP contribution is -2.38. The molecule has 1 aromatic heterocycles. The maximum absolute atomic E-state index is 11.5. The molecule has 100 valence electrons. The van der Waals surface area contributed by atoms with Crippen LogP contribution in [-0.4, -0.2) is 38.8 Å². The van der Waals surface area contributed by atoms with Gasteiger partial charge in [-0.15, -0.1) is 0 Å². The molecule has 0 aromatic carbocycles. The number of carbonyl (C=O) groups excluding carboxylic acids is 1. The van der Waals surface area contributed by atoms with Crippen LogP contribution in [0.25, 0.3) is 0 Å².